The zero-order chi connectivity index (χ0) is 22.1. The van der Waals surface area contributed by atoms with Gasteiger partial charge in [0.25, 0.3) is 5.91 Å². The van der Waals surface area contributed by atoms with Gasteiger partial charge in [0.1, 0.15) is 5.75 Å². The van der Waals surface area contributed by atoms with Gasteiger partial charge >= 0.3 is 11.9 Å². The molecule has 1 aliphatic carbocycles. The number of carbonyl (C=O) groups excluding carboxylic acids is 1. The van der Waals surface area contributed by atoms with Crippen LogP contribution in [-0.2, 0) is 14.4 Å². The van der Waals surface area contributed by atoms with E-state index >= 15 is 0 Å². The van der Waals surface area contributed by atoms with Gasteiger partial charge in [-0.2, -0.15) is 0 Å². The van der Waals surface area contributed by atoms with Crippen LogP contribution in [0, 0.1) is 5.92 Å². The summed E-state index contributed by atoms with van der Waals surface area (Å²) in [5.41, 5.74) is 0. The summed E-state index contributed by atoms with van der Waals surface area (Å²) in [6, 6.07) is 8.31. The van der Waals surface area contributed by atoms with Crippen molar-refractivity contribution in [3.63, 3.8) is 0 Å². The SMILES string of the molecule is CC1CCCCC1N1CCN(C(=O)COc2ccc(Br)cc2)CC1.O=C(O)C(=O)O. The molecule has 1 heterocycles. The molecular formula is C21H29BrN2O6. The molecule has 1 aromatic rings. The van der Waals surface area contributed by atoms with Crippen LogP contribution >= 0.6 is 15.9 Å². The van der Waals surface area contributed by atoms with Crippen molar-refractivity contribution in [1.82, 2.24) is 9.80 Å². The first-order chi connectivity index (χ1) is 14.3. The number of ether oxygens (including phenoxy) is 1. The normalized spacial score (nSPS) is 21.9. The highest BCUT2D eigenvalue weighted by Crippen LogP contribution is 2.28. The molecule has 8 nitrogen and oxygen atoms in total. The number of benzene rings is 1. The van der Waals surface area contributed by atoms with Crippen molar-refractivity contribution < 1.29 is 29.3 Å². The van der Waals surface area contributed by atoms with E-state index in [1.54, 1.807) is 0 Å². The summed E-state index contributed by atoms with van der Waals surface area (Å²) in [4.78, 5) is 35.1. The van der Waals surface area contributed by atoms with Crippen molar-refractivity contribution in [1.29, 1.82) is 0 Å². The van der Waals surface area contributed by atoms with Crippen LogP contribution in [0.1, 0.15) is 32.6 Å². The van der Waals surface area contributed by atoms with Gasteiger partial charge in [-0.25, -0.2) is 9.59 Å². The number of amides is 1. The van der Waals surface area contributed by atoms with Gasteiger partial charge in [-0.3, -0.25) is 9.69 Å². The molecule has 0 spiro atoms. The predicted molar refractivity (Wildman–Crippen MR) is 114 cm³/mol. The monoisotopic (exact) mass is 484 g/mol. The van der Waals surface area contributed by atoms with Crippen LogP contribution in [-0.4, -0.2) is 76.7 Å². The first-order valence-corrected chi connectivity index (χ1v) is 10.9. The lowest BCUT2D eigenvalue weighted by molar-refractivity contribution is -0.159. The molecule has 30 heavy (non-hydrogen) atoms. The smallest absolute Gasteiger partial charge is 0.414 e. The molecule has 1 saturated heterocycles. The molecule has 1 aromatic carbocycles. The van der Waals surface area contributed by atoms with Gasteiger partial charge in [0.2, 0.25) is 0 Å². The summed E-state index contributed by atoms with van der Waals surface area (Å²) in [7, 11) is 0. The molecule has 2 fully saturated rings. The first kappa shape index (κ1) is 24.1. The molecule has 166 valence electrons. The summed E-state index contributed by atoms with van der Waals surface area (Å²) in [6.07, 6.45) is 5.41. The van der Waals surface area contributed by atoms with Crippen LogP contribution in [0.15, 0.2) is 28.7 Å². The number of nitrogens with zero attached hydrogens (tertiary/aromatic N) is 2. The van der Waals surface area contributed by atoms with E-state index in [-0.39, 0.29) is 12.5 Å². The number of halogens is 1. The van der Waals surface area contributed by atoms with E-state index < -0.39 is 11.9 Å². The van der Waals surface area contributed by atoms with Gasteiger partial charge < -0.3 is 19.8 Å². The molecule has 2 N–H and O–H groups in total. The van der Waals surface area contributed by atoms with Crippen LogP contribution in [0.4, 0.5) is 0 Å². The van der Waals surface area contributed by atoms with E-state index in [2.05, 4.69) is 27.8 Å². The highest BCUT2D eigenvalue weighted by molar-refractivity contribution is 9.10. The molecule has 0 bridgehead atoms. The molecule has 2 aliphatic rings. The second kappa shape index (κ2) is 11.9. The highest BCUT2D eigenvalue weighted by Gasteiger charge is 2.30. The lowest BCUT2D eigenvalue weighted by atomic mass is 9.84. The van der Waals surface area contributed by atoms with Crippen LogP contribution in [0.5, 0.6) is 5.75 Å². The Morgan fingerprint density at radius 1 is 1.00 bits per heavy atom. The lowest BCUT2D eigenvalue weighted by Crippen LogP contribution is -2.54. The molecule has 2 unspecified atom stereocenters. The third kappa shape index (κ3) is 7.60. The van der Waals surface area contributed by atoms with Crippen LogP contribution in [0.2, 0.25) is 0 Å². The number of hydrogen-bond donors (Lipinski definition) is 2. The Balaban J connectivity index is 0.000000469. The van der Waals surface area contributed by atoms with E-state index in [0.29, 0.717) is 0 Å². The number of carboxylic acids is 2. The number of aliphatic carboxylic acids is 2. The van der Waals surface area contributed by atoms with Crippen molar-refractivity contribution in [3.8, 4) is 5.75 Å². The molecule has 3 rings (SSSR count). The van der Waals surface area contributed by atoms with E-state index in [0.717, 1.165) is 48.4 Å². The standard InChI is InChI=1S/C19H27BrN2O2.C2H2O4/c1-15-4-2-3-5-18(15)21-10-12-22(13-11-21)19(23)14-24-17-8-6-16(20)7-9-17;3-1(4)2(5)6/h6-9,15,18H,2-5,10-14H2,1H3;(H,3,4)(H,5,6). The summed E-state index contributed by atoms with van der Waals surface area (Å²) in [6.45, 7) is 6.16. The Bertz CT molecular complexity index is 707. The maximum atomic E-state index is 12.4. The largest absolute Gasteiger partial charge is 0.484 e. The Morgan fingerprint density at radius 3 is 2.10 bits per heavy atom. The molecule has 2 atom stereocenters. The first-order valence-electron chi connectivity index (χ1n) is 10.1. The van der Waals surface area contributed by atoms with E-state index in [1.165, 1.54) is 25.7 Å². The summed E-state index contributed by atoms with van der Waals surface area (Å²) < 4.78 is 6.62. The molecule has 9 heteroatoms. The number of carboxylic acid groups (broad SMARTS) is 2. The second-order valence-electron chi connectivity index (χ2n) is 7.60. The summed E-state index contributed by atoms with van der Waals surface area (Å²) in [5.74, 6) is -2.03. The van der Waals surface area contributed by atoms with Crippen LogP contribution in [0.3, 0.4) is 0 Å². The molecule has 1 amide bonds. The van der Waals surface area contributed by atoms with Gasteiger partial charge in [-0.15, -0.1) is 0 Å². The predicted octanol–water partition coefficient (Wildman–Crippen LogP) is 2.71. The molecule has 1 saturated carbocycles. The maximum absolute atomic E-state index is 12.4. The van der Waals surface area contributed by atoms with Gasteiger partial charge in [0, 0.05) is 36.7 Å². The van der Waals surface area contributed by atoms with Crippen molar-refractivity contribution in [2.24, 2.45) is 5.92 Å². The molecule has 1 aliphatic heterocycles. The average molecular weight is 485 g/mol. The number of piperazine rings is 1. The van der Waals surface area contributed by atoms with Crippen LogP contribution in [0.25, 0.3) is 0 Å². The minimum absolute atomic E-state index is 0.0919. The Morgan fingerprint density at radius 2 is 1.57 bits per heavy atom. The zero-order valence-electron chi connectivity index (χ0n) is 17.1. The number of carbonyl (C=O) groups is 3. The Kier molecular flexibility index (Phi) is 9.58. The quantitative estimate of drug-likeness (QED) is 0.632. The summed E-state index contributed by atoms with van der Waals surface area (Å²) in [5, 5.41) is 14.8. The average Bonchev–Trinajstić information content (AvgIpc) is 2.74. The third-order valence-corrected chi connectivity index (χ3v) is 6.09. The van der Waals surface area contributed by atoms with Crippen LogP contribution < -0.4 is 4.74 Å². The fraction of sp³-hybridized carbons (Fsp3) is 0.571. The number of rotatable bonds is 4. The van der Waals surface area contributed by atoms with Crippen molar-refractivity contribution in [2.75, 3.05) is 32.8 Å². The van der Waals surface area contributed by atoms with E-state index in [9.17, 15) is 4.79 Å². The van der Waals surface area contributed by atoms with E-state index in [4.69, 9.17) is 24.5 Å². The maximum Gasteiger partial charge on any atom is 0.414 e. The third-order valence-electron chi connectivity index (χ3n) is 5.56. The van der Waals surface area contributed by atoms with Crippen molar-refractivity contribution in [3.05, 3.63) is 28.7 Å². The topological polar surface area (TPSA) is 107 Å². The highest BCUT2D eigenvalue weighted by atomic mass is 79.9. The zero-order valence-corrected chi connectivity index (χ0v) is 18.7. The molecule has 0 radical (unpaired) electrons. The minimum Gasteiger partial charge on any atom is -0.484 e. The lowest BCUT2D eigenvalue weighted by Gasteiger charge is -2.43. The molecular weight excluding hydrogens is 456 g/mol. The Hall–Kier alpha value is -2.13. The van der Waals surface area contributed by atoms with Gasteiger partial charge in [-0.1, -0.05) is 35.7 Å². The van der Waals surface area contributed by atoms with E-state index in [1.807, 2.05) is 29.2 Å². The minimum atomic E-state index is -1.82. The van der Waals surface area contributed by atoms with Crippen molar-refractivity contribution in [2.45, 2.75) is 38.6 Å². The fourth-order valence-electron chi connectivity index (χ4n) is 3.91. The van der Waals surface area contributed by atoms with Gasteiger partial charge in [-0.05, 0) is 43.0 Å². The Labute approximate surface area is 184 Å². The number of hydrogen-bond acceptors (Lipinski definition) is 5. The van der Waals surface area contributed by atoms with Crippen molar-refractivity contribution >= 4 is 33.8 Å². The molecule has 0 aromatic heterocycles. The van der Waals surface area contributed by atoms with Gasteiger partial charge in [0.05, 0.1) is 0 Å². The second-order valence-corrected chi connectivity index (χ2v) is 8.51. The van der Waals surface area contributed by atoms with Gasteiger partial charge in [0.15, 0.2) is 6.61 Å². The fourth-order valence-corrected chi connectivity index (χ4v) is 4.17. The summed E-state index contributed by atoms with van der Waals surface area (Å²) >= 11 is 3.40.